The maximum absolute atomic E-state index is 11.9. The van der Waals surface area contributed by atoms with Gasteiger partial charge in [0, 0.05) is 23.3 Å². The third-order valence-electron chi connectivity index (χ3n) is 7.51. The van der Waals surface area contributed by atoms with Gasteiger partial charge in [-0.15, -0.1) is 0 Å². The Morgan fingerprint density at radius 3 is 2.59 bits per heavy atom. The van der Waals surface area contributed by atoms with E-state index in [1.807, 2.05) is 18.2 Å². The first kappa shape index (κ1) is 22.8. The largest absolute Gasteiger partial charge is 0.384 e. The monoisotopic (exact) mass is 457 g/mol. The number of benzene rings is 1. The number of amides is 2. The van der Waals surface area contributed by atoms with Crippen LogP contribution in [-0.2, 0) is 22.4 Å². The van der Waals surface area contributed by atoms with Crippen molar-refractivity contribution in [3.8, 4) is 0 Å². The highest BCUT2D eigenvalue weighted by Gasteiger charge is 2.39. The Balaban J connectivity index is 1.02. The van der Waals surface area contributed by atoms with Gasteiger partial charge in [0.2, 0.25) is 11.8 Å². The fraction of sp³-hybridized carbons (Fsp3) is 0.483. The number of nitrogens with one attached hydrogen (secondary N) is 2. The van der Waals surface area contributed by atoms with Crippen LogP contribution in [0.4, 0.5) is 5.69 Å². The number of unbranched alkanes of at least 4 members (excludes halogenated alkanes) is 5. The zero-order valence-corrected chi connectivity index (χ0v) is 19.9. The summed E-state index contributed by atoms with van der Waals surface area (Å²) >= 11 is 0. The number of fused-ring (bicyclic) bond motifs is 3. The Hall–Kier alpha value is -2.95. The molecule has 2 amide bonds. The van der Waals surface area contributed by atoms with Crippen molar-refractivity contribution >= 4 is 28.4 Å². The molecule has 2 aromatic rings. The minimum atomic E-state index is -0.291. The second kappa shape index (κ2) is 10.5. The molecule has 1 aromatic carbocycles. The normalized spacial score (nSPS) is 21.2. The van der Waals surface area contributed by atoms with Crippen LogP contribution in [0.25, 0.3) is 10.9 Å². The lowest BCUT2D eigenvalue weighted by Gasteiger charge is -2.21. The van der Waals surface area contributed by atoms with Crippen molar-refractivity contribution in [3.05, 3.63) is 59.3 Å². The number of hydrogen-bond acceptors (Lipinski definition) is 4. The lowest BCUT2D eigenvalue weighted by atomic mass is 9.86. The standard InChI is InChI=1S/C29H35N3O2/c33-28-21-17-16-20(19-24(21)29(34)32-28)11-5-3-1-2-4-10-18-30-27-22-12-6-8-14-25(22)31-26-15-9-7-13-23(26)27/h6,8,12,14,16-17,19,21,24H,1-5,7,9-11,13,15,18H2,(H,30,31)(H,32,33,34). The molecule has 0 spiro atoms. The fourth-order valence-corrected chi connectivity index (χ4v) is 5.63. The maximum atomic E-state index is 11.9. The second-order valence-corrected chi connectivity index (χ2v) is 9.94. The number of nitrogens with zero attached hydrogens (tertiary/aromatic N) is 1. The summed E-state index contributed by atoms with van der Waals surface area (Å²) in [6.07, 6.45) is 19.0. The molecule has 5 rings (SSSR count). The molecule has 1 aliphatic heterocycles. The van der Waals surface area contributed by atoms with E-state index in [0.717, 1.165) is 37.7 Å². The average molecular weight is 458 g/mol. The average Bonchev–Trinajstić information content (AvgIpc) is 3.15. The molecule has 2 atom stereocenters. The smallest absolute Gasteiger partial charge is 0.234 e. The highest BCUT2D eigenvalue weighted by molar-refractivity contribution is 6.07. The van der Waals surface area contributed by atoms with Gasteiger partial charge in [0.05, 0.1) is 17.4 Å². The molecule has 1 fully saturated rings. The lowest BCUT2D eigenvalue weighted by molar-refractivity contribution is -0.125. The number of rotatable bonds is 10. The quantitative estimate of drug-likeness (QED) is 0.358. The summed E-state index contributed by atoms with van der Waals surface area (Å²) in [5, 5.41) is 7.47. The van der Waals surface area contributed by atoms with Crippen molar-refractivity contribution in [3.63, 3.8) is 0 Å². The number of carbonyl (C=O) groups excluding carboxylic acids is 2. The summed E-state index contributed by atoms with van der Waals surface area (Å²) in [6, 6.07) is 8.53. The molecule has 2 aliphatic carbocycles. The zero-order chi connectivity index (χ0) is 23.3. The van der Waals surface area contributed by atoms with E-state index < -0.39 is 0 Å². The van der Waals surface area contributed by atoms with Gasteiger partial charge in [-0.05, 0) is 56.6 Å². The summed E-state index contributed by atoms with van der Waals surface area (Å²) < 4.78 is 0. The van der Waals surface area contributed by atoms with Crippen LogP contribution in [-0.4, -0.2) is 23.3 Å². The van der Waals surface area contributed by atoms with Gasteiger partial charge in [0.25, 0.3) is 0 Å². The molecule has 5 heteroatoms. The van der Waals surface area contributed by atoms with E-state index in [9.17, 15) is 9.59 Å². The number of aryl methyl sites for hydroxylation is 1. The third kappa shape index (κ3) is 4.94. The summed E-state index contributed by atoms with van der Waals surface area (Å²) in [5.74, 6) is -0.887. The SMILES string of the molecule is O=C1NC(=O)C2C=C(CCCCCCCCNc3c4c(nc5ccccc35)CCCC4)C=CC12. The van der Waals surface area contributed by atoms with E-state index in [1.54, 1.807) is 0 Å². The minimum Gasteiger partial charge on any atom is -0.384 e. The molecule has 0 bridgehead atoms. The van der Waals surface area contributed by atoms with Crippen LogP contribution >= 0.6 is 0 Å². The summed E-state index contributed by atoms with van der Waals surface area (Å²) in [4.78, 5) is 28.5. The fourth-order valence-electron chi connectivity index (χ4n) is 5.63. The predicted octanol–water partition coefficient (Wildman–Crippen LogP) is 5.64. The van der Waals surface area contributed by atoms with Crippen molar-refractivity contribution in [1.29, 1.82) is 0 Å². The van der Waals surface area contributed by atoms with Gasteiger partial charge >= 0.3 is 0 Å². The highest BCUT2D eigenvalue weighted by Crippen LogP contribution is 2.33. The molecule has 3 aliphatic rings. The number of imide groups is 1. The van der Waals surface area contributed by atoms with Crippen LogP contribution in [0.15, 0.2) is 48.1 Å². The third-order valence-corrected chi connectivity index (χ3v) is 7.51. The summed E-state index contributed by atoms with van der Waals surface area (Å²) in [6.45, 7) is 1.02. The highest BCUT2D eigenvalue weighted by atomic mass is 16.2. The number of aromatic nitrogens is 1. The molecule has 0 radical (unpaired) electrons. The molecule has 2 N–H and O–H groups in total. The molecule has 178 valence electrons. The van der Waals surface area contributed by atoms with E-state index in [2.05, 4.69) is 34.9 Å². The van der Waals surface area contributed by atoms with Crippen LogP contribution in [0.5, 0.6) is 0 Å². The Kier molecular flexibility index (Phi) is 7.08. The maximum Gasteiger partial charge on any atom is 0.234 e. The van der Waals surface area contributed by atoms with Gasteiger partial charge in [-0.25, -0.2) is 0 Å². The molecule has 5 nitrogen and oxygen atoms in total. The summed E-state index contributed by atoms with van der Waals surface area (Å²) in [7, 11) is 0. The number of anilines is 1. The molecular formula is C29H35N3O2. The Labute approximate surface area is 202 Å². The number of para-hydroxylation sites is 1. The van der Waals surface area contributed by atoms with Crippen LogP contribution in [0.3, 0.4) is 0 Å². The first-order valence-electron chi connectivity index (χ1n) is 13.1. The van der Waals surface area contributed by atoms with Crippen molar-refractivity contribution in [1.82, 2.24) is 10.3 Å². The van der Waals surface area contributed by atoms with E-state index >= 15 is 0 Å². The van der Waals surface area contributed by atoms with E-state index in [4.69, 9.17) is 4.98 Å². The lowest BCUT2D eigenvalue weighted by Crippen LogP contribution is -2.21. The van der Waals surface area contributed by atoms with E-state index in [0.29, 0.717) is 0 Å². The first-order chi connectivity index (χ1) is 16.7. The van der Waals surface area contributed by atoms with Gasteiger partial charge in [-0.1, -0.05) is 67.7 Å². The van der Waals surface area contributed by atoms with Crippen molar-refractivity contribution in [2.75, 3.05) is 11.9 Å². The molecular weight excluding hydrogens is 422 g/mol. The van der Waals surface area contributed by atoms with E-state index in [1.165, 1.54) is 72.8 Å². The van der Waals surface area contributed by atoms with Crippen molar-refractivity contribution < 1.29 is 9.59 Å². The van der Waals surface area contributed by atoms with Gasteiger partial charge < -0.3 is 5.32 Å². The van der Waals surface area contributed by atoms with Gasteiger partial charge in [-0.3, -0.25) is 19.9 Å². The van der Waals surface area contributed by atoms with Crippen LogP contribution in [0, 0.1) is 11.8 Å². The Morgan fingerprint density at radius 1 is 0.912 bits per heavy atom. The molecule has 2 heterocycles. The van der Waals surface area contributed by atoms with E-state index in [-0.39, 0.29) is 23.7 Å². The van der Waals surface area contributed by atoms with Gasteiger partial charge in [0.1, 0.15) is 0 Å². The molecule has 1 saturated heterocycles. The predicted molar refractivity (Wildman–Crippen MR) is 137 cm³/mol. The Morgan fingerprint density at radius 2 is 1.68 bits per heavy atom. The zero-order valence-electron chi connectivity index (χ0n) is 19.9. The van der Waals surface area contributed by atoms with Crippen LogP contribution in [0.2, 0.25) is 0 Å². The topological polar surface area (TPSA) is 71.1 Å². The molecule has 2 unspecified atom stereocenters. The van der Waals surface area contributed by atoms with Gasteiger partial charge in [-0.2, -0.15) is 0 Å². The molecule has 1 aromatic heterocycles. The second-order valence-electron chi connectivity index (χ2n) is 9.94. The first-order valence-corrected chi connectivity index (χ1v) is 13.1. The number of pyridine rings is 1. The van der Waals surface area contributed by atoms with Crippen molar-refractivity contribution in [2.24, 2.45) is 11.8 Å². The van der Waals surface area contributed by atoms with Crippen molar-refractivity contribution in [2.45, 2.75) is 70.6 Å². The molecule has 34 heavy (non-hydrogen) atoms. The molecule has 0 saturated carbocycles. The van der Waals surface area contributed by atoms with Gasteiger partial charge in [0.15, 0.2) is 0 Å². The number of carbonyl (C=O) groups is 2. The minimum absolute atomic E-state index is 0.147. The van der Waals surface area contributed by atoms with Crippen LogP contribution in [0.1, 0.15) is 69.0 Å². The number of allylic oxidation sites excluding steroid dienone is 2. The number of hydrogen-bond donors (Lipinski definition) is 2. The Bertz CT molecular complexity index is 1130. The summed E-state index contributed by atoms with van der Waals surface area (Å²) in [5.41, 5.74) is 6.38. The van der Waals surface area contributed by atoms with Crippen LogP contribution < -0.4 is 10.6 Å².